The van der Waals surface area contributed by atoms with E-state index < -0.39 is 0 Å². The standard InChI is InChI=1S/C39H27N5/c1-39(2)30-22-19-24-16-11-23-40-34(24)32(30)29-21-20-28-27-17-9-10-18-31(27)44(35(28)33(29)39)38-42-36(25-12-5-3-6-13-25)41-37(43-38)26-14-7-4-8-15-26/h3-23H,1-2H3. The van der Waals surface area contributed by atoms with E-state index in [1.807, 2.05) is 48.7 Å². The summed E-state index contributed by atoms with van der Waals surface area (Å²) in [4.78, 5) is 20.2. The summed E-state index contributed by atoms with van der Waals surface area (Å²) in [6.07, 6.45) is 1.89. The predicted molar refractivity (Wildman–Crippen MR) is 178 cm³/mol. The molecule has 5 aromatic carbocycles. The molecule has 3 aromatic heterocycles. The van der Waals surface area contributed by atoms with Crippen molar-refractivity contribution in [1.29, 1.82) is 0 Å². The number of para-hydroxylation sites is 1. The van der Waals surface area contributed by atoms with Crippen LogP contribution < -0.4 is 0 Å². The Balaban J connectivity index is 1.42. The van der Waals surface area contributed by atoms with E-state index in [4.69, 9.17) is 19.9 Å². The molecule has 0 atom stereocenters. The summed E-state index contributed by atoms with van der Waals surface area (Å²) in [5.74, 6) is 1.89. The Kier molecular flexibility index (Phi) is 5.18. The Morgan fingerprint density at radius 1 is 0.591 bits per heavy atom. The van der Waals surface area contributed by atoms with Gasteiger partial charge in [-0.1, -0.05) is 123 Å². The number of aromatic nitrogens is 5. The lowest BCUT2D eigenvalue weighted by Crippen LogP contribution is -2.17. The summed E-state index contributed by atoms with van der Waals surface area (Å²) in [5, 5.41) is 3.50. The molecule has 5 heteroatoms. The van der Waals surface area contributed by atoms with Gasteiger partial charge in [-0.25, -0.2) is 4.98 Å². The van der Waals surface area contributed by atoms with Gasteiger partial charge in [0, 0.05) is 44.5 Å². The first-order valence-electron chi connectivity index (χ1n) is 14.9. The van der Waals surface area contributed by atoms with Crippen molar-refractivity contribution in [3.05, 3.63) is 139 Å². The molecule has 0 fully saturated rings. The second-order valence-electron chi connectivity index (χ2n) is 11.9. The van der Waals surface area contributed by atoms with Crippen molar-refractivity contribution in [3.8, 4) is 39.9 Å². The van der Waals surface area contributed by atoms with E-state index >= 15 is 0 Å². The summed E-state index contributed by atoms with van der Waals surface area (Å²) in [7, 11) is 0. The highest BCUT2D eigenvalue weighted by Gasteiger charge is 2.40. The molecule has 8 aromatic rings. The second kappa shape index (κ2) is 9.16. The molecule has 1 aliphatic rings. The molecular weight excluding hydrogens is 538 g/mol. The number of nitrogens with zero attached hydrogens (tertiary/aromatic N) is 5. The molecule has 9 rings (SSSR count). The predicted octanol–water partition coefficient (Wildman–Crippen LogP) is 9.16. The highest BCUT2D eigenvalue weighted by atomic mass is 15.2. The van der Waals surface area contributed by atoms with Crippen molar-refractivity contribution in [3.63, 3.8) is 0 Å². The largest absolute Gasteiger partial charge is 0.277 e. The highest BCUT2D eigenvalue weighted by Crippen LogP contribution is 2.54. The molecule has 0 bridgehead atoms. The van der Waals surface area contributed by atoms with Crippen LogP contribution in [0, 0.1) is 0 Å². The lowest BCUT2D eigenvalue weighted by Gasteiger charge is -2.23. The van der Waals surface area contributed by atoms with Crippen LogP contribution in [0.2, 0.25) is 0 Å². The molecule has 0 radical (unpaired) electrons. The molecule has 0 saturated heterocycles. The van der Waals surface area contributed by atoms with Gasteiger partial charge in [-0.3, -0.25) is 9.55 Å². The molecule has 0 N–H and O–H groups in total. The lowest BCUT2D eigenvalue weighted by atomic mass is 9.81. The van der Waals surface area contributed by atoms with Crippen molar-refractivity contribution < 1.29 is 0 Å². The van der Waals surface area contributed by atoms with Gasteiger partial charge in [-0.05, 0) is 28.8 Å². The van der Waals surface area contributed by atoms with Gasteiger partial charge in [0.2, 0.25) is 5.95 Å². The Morgan fingerprint density at radius 2 is 1.27 bits per heavy atom. The van der Waals surface area contributed by atoms with E-state index in [-0.39, 0.29) is 5.41 Å². The molecule has 1 aliphatic carbocycles. The number of pyridine rings is 1. The van der Waals surface area contributed by atoms with Gasteiger partial charge in [0.25, 0.3) is 0 Å². The quantitative estimate of drug-likeness (QED) is 0.214. The van der Waals surface area contributed by atoms with Crippen LogP contribution in [0.15, 0.2) is 128 Å². The fourth-order valence-electron chi connectivity index (χ4n) is 7.08. The molecule has 0 aliphatic heterocycles. The number of rotatable bonds is 3. The zero-order valence-electron chi connectivity index (χ0n) is 24.4. The maximum Gasteiger partial charge on any atom is 0.238 e. The first-order valence-corrected chi connectivity index (χ1v) is 14.9. The topological polar surface area (TPSA) is 56.5 Å². The third-order valence-corrected chi connectivity index (χ3v) is 9.07. The molecule has 0 spiro atoms. The van der Waals surface area contributed by atoms with E-state index in [2.05, 4.69) is 97.3 Å². The Hall–Kier alpha value is -5.68. The molecule has 0 unspecified atom stereocenters. The van der Waals surface area contributed by atoms with Gasteiger partial charge >= 0.3 is 0 Å². The molecular formula is C39H27N5. The van der Waals surface area contributed by atoms with Gasteiger partial charge in [-0.2, -0.15) is 9.97 Å². The maximum atomic E-state index is 5.17. The zero-order chi connectivity index (χ0) is 29.4. The van der Waals surface area contributed by atoms with Crippen molar-refractivity contribution in [2.45, 2.75) is 19.3 Å². The summed E-state index contributed by atoms with van der Waals surface area (Å²) in [5.41, 5.74) is 9.83. The van der Waals surface area contributed by atoms with Crippen LogP contribution >= 0.6 is 0 Å². The fourth-order valence-corrected chi connectivity index (χ4v) is 7.08. The van der Waals surface area contributed by atoms with E-state index in [1.54, 1.807) is 0 Å². The smallest absolute Gasteiger partial charge is 0.238 e. The molecule has 0 amide bonds. The second-order valence-corrected chi connectivity index (χ2v) is 11.9. The van der Waals surface area contributed by atoms with Crippen LogP contribution in [0.5, 0.6) is 0 Å². The van der Waals surface area contributed by atoms with Crippen molar-refractivity contribution >= 4 is 32.7 Å². The first-order chi connectivity index (χ1) is 21.6. The minimum absolute atomic E-state index is 0.278. The normalized spacial score (nSPS) is 13.4. The summed E-state index contributed by atoms with van der Waals surface area (Å²) >= 11 is 0. The van der Waals surface area contributed by atoms with Crippen LogP contribution in [0.4, 0.5) is 0 Å². The number of benzene rings is 5. The minimum Gasteiger partial charge on any atom is -0.277 e. The SMILES string of the molecule is CC1(C)c2ccc3cccnc3c2-c2ccc3c4ccccc4n(-c4nc(-c5ccccc5)nc(-c5ccccc5)n4)c3c21. The van der Waals surface area contributed by atoms with Gasteiger partial charge in [0.1, 0.15) is 0 Å². The van der Waals surface area contributed by atoms with Crippen molar-refractivity contribution in [2.75, 3.05) is 0 Å². The van der Waals surface area contributed by atoms with E-state index in [9.17, 15) is 0 Å². The monoisotopic (exact) mass is 565 g/mol. The van der Waals surface area contributed by atoms with Crippen molar-refractivity contribution in [2.24, 2.45) is 0 Å². The van der Waals surface area contributed by atoms with Crippen LogP contribution in [0.1, 0.15) is 25.0 Å². The van der Waals surface area contributed by atoms with Gasteiger partial charge < -0.3 is 0 Å². The zero-order valence-corrected chi connectivity index (χ0v) is 24.4. The Morgan fingerprint density at radius 3 is 2.00 bits per heavy atom. The van der Waals surface area contributed by atoms with Crippen LogP contribution in [-0.4, -0.2) is 24.5 Å². The first kappa shape index (κ1) is 24.9. The van der Waals surface area contributed by atoms with E-state index in [0.29, 0.717) is 17.6 Å². The number of hydrogen-bond acceptors (Lipinski definition) is 4. The molecule has 44 heavy (non-hydrogen) atoms. The average molecular weight is 566 g/mol. The number of hydrogen-bond donors (Lipinski definition) is 0. The average Bonchev–Trinajstić information content (AvgIpc) is 3.54. The maximum absolute atomic E-state index is 5.17. The third-order valence-electron chi connectivity index (χ3n) is 9.07. The van der Waals surface area contributed by atoms with E-state index in [0.717, 1.165) is 33.1 Å². The summed E-state index contributed by atoms with van der Waals surface area (Å²) in [6, 6.07) is 42.0. The van der Waals surface area contributed by atoms with Crippen molar-refractivity contribution in [1.82, 2.24) is 24.5 Å². The molecule has 3 heterocycles. The molecule has 208 valence electrons. The number of fused-ring (bicyclic) bond motifs is 9. The van der Waals surface area contributed by atoms with E-state index in [1.165, 1.54) is 33.0 Å². The van der Waals surface area contributed by atoms with Gasteiger partial charge in [0.05, 0.1) is 16.6 Å². The third kappa shape index (κ3) is 3.47. The Bertz CT molecular complexity index is 2350. The van der Waals surface area contributed by atoms with Crippen LogP contribution in [0.25, 0.3) is 72.6 Å². The summed E-state index contributed by atoms with van der Waals surface area (Å²) in [6.45, 7) is 4.65. The van der Waals surface area contributed by atoms with Gasteiger partial charge in [-0.15, -0.1) is 0 Å². The molecule has 0 saturated carbocycles. The molecule has 5 nitrogen and oxygen atoms in total. The van der Waals surface area contributed by atoms with Crippen LogP contribution in [-0.2, 0) is 5.41 Å². The summed E-state index contributed by atoms with van der Waals surface area (Å²) < 4.78 is 2.26. The van der Waals surface area contributed by atoms with Gasteiger partial charge in [0.15, 0.2) is 11.6 Å². The lowest BCUT2D eigenvalue weighted by molar-refractivity contribution is 0.663. The van der Waals surface area contributed by atoms with Crippen LogP contribution in [0.3, 0.4) is 0 Å². The highest BCUT2D eigenvalue weighted by molar-refractivity contribution is 6.14. The fraction of sp³-hybridized carbons (Fsp3) is 0.0769. The minimum atomic E-state index is -0.278. The Labute approximate surface area is 254 Å².